The fourth-order valence-corrected chi connectivity index (χ4v) is 5.27. The number of hydrogen-bond acceptors (Lipinski definition) is 4. The molecule has 0 spiro atoms. The van der Waals surface area contributed by atoms with Crippen LogP contribution in [-0.4, -0.2) is 30.7 Å². The molecule has 0 atom stereocenters. The minimum absolute atomic E-state index is 0.0936. The van der Waals surface area contributed by atoms with E-state index >= 15 is 0 Å². The highest BCUT2D eigenvalue weighted by molar-refractivity contribution is 5.84. The molecule has 1 amide bonds. The predicted octanol–water partition coefficient (Wildman–Crippen LogP) is 5.19. The molecule has 0 unspecified atom stereocenters. The van der Waals surface area contributed by atoms with Crippen molar-refractivity contribution in [2.75, 3.05) is 6.54 Å². The van der Waals surface area contributed by atoms with Gasteiger partial charge in [0, 0.05) is 24.3 Å². The van der Waals surface area contributed by atoms with Crippen molar-refractivity contribution in [2.24, 2.45) is 45.6 Å². The molecule has 0 bridgehead atoms. The SMILES string of the molecule is CC1CCC(C(=O)CN=CC2CCC(/C=N\NC(=O)C3CCC(C)CC3)CC2)CC1. The summed E-state index contributed by atoms with van der Waals surface area (Å²) in [4.78, 5) is 29.1. The van der Waals surface area contributed by atoms with E-state index in [0.717, 1.165) is 76.0 Å². The Morgan fingerprint density at radius 2 is 1.23 bits per heavy atom. The lowest BCUT2D eigenvalue weighted by atomic mass is 9.81. The van der Waals surface area contributed by atoms with E-state index in [4.69, 9.17) is 0 Å². The number of rotatable bonds is 7. The van der Waals surface area contributed by atoms with Crippen LogP contribution in [0.2, 0.25) is 0 Å². The molecule has 1 N–H and O–H groups in total. The third kappa shape index (κ3) is 7.31. The van der Waals surface area contributed by atoms with Crippen LogP contribution in [0.15, 0.2) is 10.1 Å². The van der Waals surface area contributed by atoms with Gasteiger partial charge in [-0.15, -0.1) is 0 Å². The van der Waals surface area contributed by atoms with Crippen molar-refractivity contribution in [3.05, 3.63) is 0 Å². The molecule has 3 saturated carbocycles. The van der Waals surface area contributed by atoms with Crippen molar-refractivity contribution in [1.82, 2.24) is 5.43 Å². The second-order valence-corrected chi connectivity index (χ2v) is 10.3. The molecule has 0 aromatic heterocycles. The van der Waals surface area contributed by atoms with Gasteiger partial charge in [-0.1, -0.05) is 26.7 Å². The van der Waals surface area contributed by atoms with Gasteiger partial charge in [-0.25, -0.2) is 5.43 Å². The normalized spacial score (nSPS) is 35.5. The number of carbonyl (C=O) groups is 2. The molecular weight excluding hydrogens is 374 g/mol. The highest BCUT2D eigenvalue weighted by atomic mass is 16.2. The third-order valence-corrected chi connectivity index (χ3v) is 7.70. The Morgan fingerprint density at radius 3 is 1.80 bits per heavy atom. The van der Waals surface area contributed by atoms with Crippen molar-refractivity contribution in [3.8, 4) is 0 Å². The van der Waals surface area contributed by atoms with Gasteiger partial charge in [-0.2, -0.15) is 5.10 Å². The standard InChI is InChI=1S/C25H41N3O2/c1-18-3-11-22(12-4-18)24(29)17-26-15-20-7-9-21(10-8-20)16-27-28-25(30)23-13-5-19(2)6-14-23/h15-16,18-23H,3-14,17H2,1-2H3,(H,28,30)/b26-15?,27-16-. The molecule has 3 rings (SSSR count). The number of nitrogens with one attached hydrogen (secondary N) is 1. The molecule has 0 saturated heterocycles. The number of hydrogen-bond donors (Lipinski definition) is 1. The van der Waals surface area contributed by atoms with Crippen LogP contribution in [0.5, 0.6) is 0 Å². The Morgan fingerprint density at radius 1 is 0.733 bits per heavy atom. The van der Waals surface area contributed by atoms with Crippen molar-refractivity contribution in [3.63, 3.8) is 0 Å². The van der Waals surface area contributed by atoms with Crippen LogP contribution in [0.25, 0.3) is 0 Å². The molecule has 0 heterocycles. The molecule has 168 valence electrons. The fraction of sp³-hybridized carbons (Fsp3) is 0.840. The van der Waals surface area contributed by atoms with Gasteiger partial charge in [0.25, 0.3) is 0 Å². The molecule has 0 aliphatic heterocycles. The Bertz CT molecular complexity index is 552. The molecule has 0 aromatic carbocycles. The molecule has 3 aliphatic carbocycles. The van der Waals surface area contributed by atoms with E-state index in [-0.39, 0.29) is 17.7 Å². The first kappa shape index (κ1) is 23.1. The van der Waals surface area contributed by atoms with Crippen LogP contribution in [-0.2, 0) is 9.59 Å². The summed E-state index contributed by atoms with van der Waals surface area (Å²) < 4.78 is 0. The van der Waals surface area contributed by atoms with Gasteiger partial charge in [0.05, 0.1) is 6.54 Å². The van der Waals surface area contributed by atoms with Crippen LogP contribution in [0.3, 0.4) is 0 Å². The van der Waals surface area contributed by atoms with Crippen molar-refractivity contribution in [1.29, 1.82) is 0 Å². The maximum Gasteiger partial charge on any atom is 0.243 e. The quantitative estimate of drug-likeness (QED) is 0.459. The minimum Gasteiger partial charge on any atom is -0.297 e. The summed E-state index contributed by atoms with van der Waals surface area (Å²) in [5.41, 5.74) is 2.77. The first-order valence-electron chi connectivity index (χ1n) is 12.4. The summed E-state index contributed by atoms with van der Waals surface area (Å²) in [6.07, 6.45) is 17.1. The van der Waals surface area contributed by atoms with E-state index in [9.17, 15) is 9.59 Å². The zero-order valence-electron chi connectivity index (χ0n) is 19.0. The average Bonchev–Trinajstić information content (AvgIpc) is 2.75. The highest BCUT2D eigenvalue weighted by Gasteiger charge is 2.25. The van der Waals surface area contributed by atoms with Gasteiger partial charge in [0.2, 0.25) is 5.91 Å². The maximum atomic E-state index is 12.3. The topological polar surface area (TPSA) is 70.9 Å². The predicted molar refractivity (Wildman–Crippen MR) is 123 cm³/mol. The van der Waals surface area contributed by atoms with Gasteiger partial charge >= 0.3 is 0 Å². The van der Waals surface area contributed by atoms with E-state index < -0.39 is 0 Å². The molecule has 3 fully saturated rings. The summed E-state index contributed by atoms with van der Waals surface area (Å²) in [6, 6.07) is 0. The average molecular weight is 416 g/mol. The first-order valence-corrected chi connectivity index (χ1v) is 12.4. The van der Waals surface area contributed by atoms with Crippen LogP contribution >= 0.6 is 0 Å². The van der Waals surface area contributed by atoms with Crippen LogP contribution in [0.1, 0.15) is 90.9 Å². The Kier molecular flexibility index (Phi) is 9.07. The smallest absolute Gasteiger partial charge is 0.243 e. The van der Waals surface area contributed by atoms with Crippen molar-refractivity contribution < 1.29 is 9.59 Å². The number of carbonyl (C=O) groups excluding carboxylic acids is 2. The zero-order chi connectivity index (χ0) is 21.3. The van der Waals surface area contributed by atoms with E-state index in [1.54, 1.807) is 0 Å². The summed E-state index contributed by atoms with van der Waals surface area (Å²) in [6.45, 7) is 4.92. The van der Waals surface area contributed by atoms with Gasteiger partial charge < -0.3 is 0 Å². The number of ketones is 1. The van der Waals surface area contributed by atoms with Gasteiger partial charge in [0.1, 0.15) is 0 Å². The number of nitrogens with zero attached hydrogens (tertiary/aromatic N) is 2. The van der Waals surface area contributed by atoms with Crippen LogP contribution in [0, 0.1) is 35.5 Å². The maximum absolute atomic E-state index is 12.3. The molecule has 0 aromatic rings. The highest BCUT2D eigenvalue weighted by Crippen LogP contribution is 2.30. The molecule has 0 radical (unpaired) electrons. The Balaban J connectivity index is 1.29. The largest absolute Gasteiger partial charge is 0.297 e. The molecule has 3 aliphatic rings. The number of aliphatic imine (C=N–C) groups is 1. The van der Waals surface area contributed by atoms with Gasteiger partial charge in [-0.05, 0) is 87.9 Å². The Labute approximate surface area is 182 Å². The molecule has 5 nitrogen and oxygen atoms in total. The summed E-state index contributed by atoms with van der Waals surface area (Å²) in [5.74, 6) is 3.27. The van der Waals surface area contributed by atoms with Gasteiger partial charge in [0.15, 0.2) is 5.78 Å². The Hall–Kier alpha value is -1.52. The van der Waals surface area contributed by atoms with E-state index in [1.807, 2.05) is 12.4 Å². The van der Waals surface area contributed by atoms with E-state index in [2.05, 4.69) is 29.4 Å². The second kappa shape index (κ2) is 11.8. The second-order valence-electron chi connectivity index (χ2n) is 10.3. The molecular formula is C25H41N3O2. The van der Waals surface area contributed by atoms with Crippen LogP contribution in [0.4, 0.5) is 0 Å². The van der Waals surface area contributed by atoms with E-state index in [1.165, 1.54) is 12.8 Å². The molecule has 30 heavy (non-hydrogen) atoms. The lowest BCUT2D eigenvalue weighted by Crippen LogP contribution is -2.30. The lowest BCUT2D eigenvalue weighted by molar-refractivity contribution is -0.126. The van der Waals surface area contributed by atoms with Crippen molar-refractivity contribution >= 4 is 24.1 Å². The number of hydrazone groups is 1. The molecule has 5 heteroatoms. The van der Waals surface area contributed by atoms with Gasteiger partial charge in [-0.3, -0.25) is 14.6 Å². The summed E-state index contributed by atoms with van der Waals surface area (Å²) in [5, 5.41) is 4.25. The third-order valence-electron chi connectivity index (χ3n) is 7.70. The van der Waals surface area contributed by atoms with E-state index in [0.29, 0.717) is 24.2 Å². The number of amides is 1. The van der Waals surface area contributed by atoms with Crippen molar-refractivity contribution in [2.45, 2.75) is 90.9 Å². The van der Waals surface area contributed by atoms with Crippen LogP contribution < -0.4 is 5.43 Å². The number of Topliss-reactive ketones (excluding diaryl/α,β-unsaturated/α-hetero) is 1. The zero-order valence-corrected chi connectivity index (χ0v) is 19.0. The summed E-state index contributed by atoms with van der Waals surface area (Å²) in [7, 11) is 0. The monoisotopic (exact) mass is 415 g/mol. The fourth-order valence-electron chi connectivity index (χ4n) is 5.27. The lowest BCUT2D eigenvalue weighted by Gasteiger charge is -2.25. The minimum atomic E-state index is 0.0936. The first-order chi connectivity index (χ1) is 14.5. The summed E-state index contributed by atoms with van der Waals surface area (Å²) >= 11 is 0.